The fourth-order valence-corrected chi connectivity index (χ4v) is 7.22. The first kappa shape index (κ1) is 22.4. The van der Waals surface area contributed by atoms with Crippen LogP contribution in [-0.4, -0.2) is 29.8 Å². The van der Waals surface area contributed by atoms with Crippen molar-refractivity contribution >= 4 is 35.3 Å². The molecule has 0 aliphatic heterocycles. The number of halogens is 2. The smallest absolute Gasteiger partial charge is 0.407 e. The van der Waals surface area contributed by atoms with Gasteiger partial charge in [0.25, 0.3) is 0 Å². The molecule has 7 heteroatoms. The van der Waals surface area contributed by atoms with Crippen molar-refractivity contribution in [2.75, 3.05) is 6.61 Å². The van der Waals surface area contributed by atoms with Crippen molar-refractivity contribution < 1.29 is 19.4 Å². The molecule has 0 radical (unpaired) electrons. The summed E-state index contributed by atoms with van der Waals surface area (Å²) < 4.78 is 5.59. The molecule has 35 heavy (non-hydrogen) atoms. The van der Waals surface area contributed by atoms with Gasteiger partial charge >= 0.3 is 12.1 Å². The highest BCUT2D eigenvalue weighted by Crippen LogP contribution is 2.75. The van der Waals surface area contributed by atoms with Crippen molar-refractivity contribution in [2.45, 2.75) is 36.6 Å². The largest absolute Gasteiger partial charge is 0.480 e. The third-order valence-electron chi connectivity index (χ3n) is 8.04. The highest BCUT2D eigenvalue weighted by Gasteiger charge is 2.73. The molecule has 3 aromatic carbocycles. The van der Waals surface area contributed by atoms with Crippen LogP contribution in [0, 0.1) is 5.41 Å². The standard InChI is InChI=1S/C28H23Cl2NO4/c29-16-9-10-22(23(30)11-16)27-13-28(14-27,15-27)24(25(32)33)31-26(34)35-12-21-19-7-3-1-5-17(19)18-6-2-4-8-20(18)21/h1-11,21,24H,12-15H2,(H,31,34)(H,32,33). The Hall–Kier alpha value is -3.02. The second-order valence-electron chi connectivity index (χ2n) is 10.0. The molecule has 1 atom stereocenters. The van der Waals surface area contributed by atoms with Crippen molar-refractivity contribution in [3.63, 3.8) is 0 Å². The van der Waals surface area contributed by atoms with Crippen LogP contribution in [0.2, 0.25) is 10.0 Å². The lowest BCUT2D eigenvalue weighted by atomic mass is 9.31. The van der Waals surface area contributed by atoms with E-state index in [4.69, 9.17) is 27.9 Å². The summed E-state index contributed by atoms with van der Waals surface area (Å²) in [6.45, 7) is 0.142. The summed E-state index contributed by atoms with van der Waals surface area (Å²) in [6.07, 6.45) is 1.26. The average Bonchev–Trinajstić information content (AvgIpc) is 3.10. The van der Waals surface area contributed by atoms with Gasteiger partial charge in [0.05, 0.1) is 0 Å². The van der Waals surface area contributed by atoms with Crippen LogP contribution in [-0.2, 0) is 14.9 Å². The Morgan fingerprint density at radius 2 is 1.57 bits per heavy atom. The second kappa shape index (κ2) is 8.00. The number of nitrogens with one attached hydrogen (secondary N) is 1. The summed E-state index contributed by atoms with van der Waals surface area (Å²) in [6, 6.07) is 20.6. The SMILES string of the molecule is O=C(NC(C(=O)O)C12CC(c3ccc(Cl)cc3Cl)(C1)C2)OCC1c2ccccc2-c2ccccc21. The minimum absolute atomic E-state index is 0.0818. The summed E-state index contributed by atoms with van der Waals surface area (Å²) in [5, 5.41) is 13.7. The van der Waals surface area contributed by atoms with E-state index in [1.165, 1.54) is 0 Å². The number of alkyl carbamates (subject to hydrolysis) is 1. The van der Waals surface area contributed by atoms with E-state index in [0.29, 0.717) is 29.3 Å². The molecular weight excluding hydrogens is 485 g/mol. The van der Waals surface area contributed by atoms with E-state index in [9.17, 15) is 14.7 Å². The summed E-state index contributed by atoms with van der Waals surface area (Å²) in [5.74, 6) is -1.13. The first-order chi connectivity index (χ1) is 16.8. The molecule has 178 valence electrons. The van der Waals surface area contributed by atoms with Gasteiger partial charge in [0.15, 0.2) is 0 Å². The molecule has 3 saturated carbocycles. The van der Waals surface area contributed by atoms with Gasteiger partial charge in [0.1, 0.15) is 12.6 Å². The molecule has 4 aliphatic carbocycles. The number of carboxylic acids is 1. The lowest BCUT2D eigenvalue weighted by Crippen LogP contribution is -2.73. The van der Waals surface area contributed by atoms with Crippen molar-refractivity contribution in [1.29, 1.82) is 0 Å². The van der Waals surface area contributed by atoms with Gasteiger partial charge in [-0.3, -0.25) is 0 Å². The Kier molecular flexibility index (Phi) is 5.13. The predicted molar refractivity (Wildman–Crippen MR) is 134 cm³/mol. The van der Waals surface area contributed by atoms with Gasteiger partial charge in [0.2, 0.25) is 0 Å². The molecule has 3 fully saturated rings. The van der Waals surface area contributed by atoms with E-state index in [2.05, 4.69) is 17.4 Å². The Balaban J connectivity index is 1.13. The van der Waals surface area contributed by atoms with Crippen LogP contribution in [0.5, 0.6) is 0 Å². The van der Waals surface area contributed by atoms with Crippen LogP contribution < -0.4 is 5.32 Å². The minimum atomic E-state index is -1.05. The summed E-state index contributed by atoms with van der Waals surface area (Å²) in [4.78, 5) is 24.9. The van der Waals surface area contributed by atoms with Crippen LogP contribution in [0.25, 0.3) is 11.1 Å². The third-order valence-corrected chi connectivity index (χ3v) is 8.59. The van der Waals surface area contributed by atoms with Gasteiger partial charge in [-0.1, -0.05) is 77.8 Å². The predicted octanol–water partition coefficient (Wildman–Crippen LogP) is 6.41. The highest BCUT2D eigenvalue weighted by molar-refractivity contribution is 6.35. The monoisotopic (exact) mass is 507 g/mol. The van der Waals surface area contributed by atoms with E-state index in [1.807, 2.05) is 42.5 Å². The molecule has 1 amide bonds. The number of carbonyl (C=O) groups is 2. The number of ether oxygens (including phenoxy) is 1. The van der Waals surface area contributed by atoms with Gasteiger partial charge in [-0.15, -0.1) is 0 Å². The number of amides is 1. The maximum absolute atomic E-state index is 12.8. The van der Waals surface area contributed by atoms with Gasteiger partial charge < -0.3 is 15.2 Å². The van der Waals surface area contributed by atoms with Gasteiger partial charge in [-0.2, -0.15) is 0 Å². The zero-order valence-electron chi connectivity index (χ0n) is 18.8. The van der Waals surface area contributed by atoms with Crippen LogP contribution in [0.4, 0.5) is 4.79 Å². The maximum atomic E-state index is 12.8. The zero-order chi connectivity index (χ0) is 24.4. The molecule has 0 aromatic heterocycles. The van der Waals surface area contributed by atoms with Gasteiger partial charge in [0, 0.05) is 21.4 Å². The Labute approximate surface area is 213 Å². The lowest BCUT2D eigenvalue weighted by molar-refractivity contribution is -0.183. The number of carbonyl (C=O) groups excluding carboxylic acids is 1. The van der Waals surface area contributed by atoms with Crippen molar-refractivity contribution in [3.05, 3.63) is 93.5 Å². The number of hydrogen-bond donors (Lipinski definition) is 2. The van der Waals surface area contributed by atoms with E-state index in [1.54, 1.807) is 12.1 Å². The number of carboxylic acid groups (broad SMARTS) is 1. The second-order valence-corrected chi connectivity index (χ2v) is 10.9. The number of benzene rings is 3. The Bertz CT molecular complexity index is 1310. The van der Waals surface area contributed by atoms with Crippen molar-refractivity contribution in [1.82, 2.24) is 5.32 Å². The summed E-state index contributed by atoms with van der Waals surface area (Å²) in [7, 11) is 0. The van der Waals surface area contributed by atoms with Crippen molar-refractivity contribution in [2.24, 2.45) is 5.41 Å². The fourth-order valence-electron chi connectivity index (χ4n) is 6.61. The summed E-state index contributed by atoms with van der Waals surface area (Å²) in [5.41, 5.74) is 4.87. The van der Waals surface area contributed by atoms with Gasteiger partial charge in [-0.05, 0) is 64.6 Å². The molecule has 5 nitrogen and oxygen atoms in total. The first-order valence-corrected chi connectivity index (χ1v) is 12.4. The number of hydrogen-bond acceptors (Lipinski definition) is 3. The molecule has 0 saturated heterocycles. The summed E-state index contributed by atoms with van der Waals surface area (Å²) >= 11 is 12.4. The van der Waals surface area contributed by atoms with Crippen LogP contribution in [0.3, 0.4) is 0 Å². The number of aliphatic carboxylic acids is 1. The molecule has 2 bridgehead atoms. The van der Waals surface area contributed by atoms with Crippen LogP contribution in [0.1, 0.15) is 41.9 Å². The molecule has 2 N–H and O–H groups in total. The fraction of sp³-hybridized carbons (Fsp3) is 0.286. The molecule has 7 rings (SSSR count). The van der Waals surface area contributed by atoms with E-state index in [0.717, 1.165) is 27.8 Å². The molecule has 4 aliphatic rings. The van der Waals surface area contributed by atoms with Gasteiger partial charge in [-0.25, -0.2) is 9.59 Å². The zero-order valence-corrected chi connectivity index (χ0v) is 20.3. The third kappa shape index (κ3) is 3.44. The Morgan fingerprint density at radius 3 is 2.14 bits per heavy atom. The molecule has 3 aromatic rings. The lowest BCUT2D eigenvalue weighted by Gasteiger charge is -2.72. The highest BCUT2D eigenvalue weighted by atomic mass is 35.5. The molecule has 1 unspecified atom stereocenters. The first-order valence-electron chi connectivity index (χ1n) is 11.6. The van der Waals surface area contributed by atoms with Crippen molar-refractivity contribution in [3.8, 4) is 11.1 Å². The number of rotatable bonds is 6. The minimum Gasteiger partial charge on any atom is -0.480 e. The quantitative estimate of drug-likeness (QED) is 0.404. The molecule has 0 spiro atoms. The van der Waals surface area contributed by atoms with Crippen LogP contribution >= 0.6 is 23.2 Å². The number of fused-ring (bicyclic) bond motifs is 3. The van der Waals surface area contributed by atoms with E-state index < -0.39 is 23.5 Å². The maximum Gasteiger partial charge on any atom is 0.407 e. The van der Waals surface area contributed by atoms with Crippen LogP contribution in [0.15, 0.2) is 66.7 Å². The molecular formula is C28H23Cl2NO4. The molecule has 0 heterocycles. The Morgan fingerprint density at radius 1 is 0.971 bits per heavy atom. The topological polar surface area (TPSA) is 75.6 Å². The average molecular weight is 508 g/mol. The van der Waals surface area contributed by atoms with E-state index in [-0.39, 0.29) is 17.9 Å². The van der Waals surface area contributed by atoms with E-state index >= 15 is 0 Å². The normalized spacial score (nSPS) is 24.4.